The van der Waals surface area contributed by atoms with Crippen LogP contribution in [0, 0.1) is 4.78 Å². The molecule has 3 nitrogen and oxygen atoms in total. The zero-order valence-electron chi connectivity index (χ0n) is 4.89. The summed E-state index contributed by atoms with van der Waals surface area (Å²) >= 11 is 0. The summed E-state index contributed by atoms with van der Waals surface area (Å²) in [5, 5.41) is 0. The molecule has 1 heterocycles. The minimum absolute atomic E-state index is 0.465. The van der Waals surface area contributed by atoms with Crippen LogP contribution in [0.25, 0.3) is 0 Å². The van der Waals surface area contributed by atoms with E-state index in [1.807, 2.05) is 11.9 Å². The highest BCUT2D eigenvalue weighted by molar-refractivity contribution is 7.92. The monoisotopic (exact) mass is 134 g/mol. The summed E-state index contributed by atoms with van der Waals surface area (Å²) in [6.45, 7) is 0.822. The molecular weight excluding hydrogens is 124 g/mol. The maximum absolute atomic E-state index is 10.8. The minimum Gasteiger partial charge on any atom is -0.293 e. The Kier molecular flexibility index (Phi) is 1.28. The predicted octanol–water partition coefficient (Wildman–Crippen LogP) is -0.0639. The smallest absolute Gasteiger partial charge is 0.0827 e. The second kappa shape index (κ2) is 1.70. The van der Waals surface area contributed by atoms with Gasteiger partial charge in [0, 0.05) is 12.3 Å². The molecule has 0 saturated carbocycles. The highest BCUT2D eigenvalue weighted by atomic mass is 32.2. The van der Waals surface area contributed by atoms with Gasteiger partial charge in [-0.3, -0.25) is 9.68 Å². The third-order valence-electron chi connectivity index (χ3n) is 1.23. The fraction of sp³-hybridized carbons (Fsp3) is 1.00. The van der Waals surface area contributed by atoms with Gasteiger partial charge >= 0.3 is 0 Å². The Morgan fingerprint density at radius 3 is 2.50 bits per heavy atom. The molecule has 0 bridgehead atoms. The summed E-state index contributed by atoms with van der Waals surface area (Å²) in [7, 11) is -0.279. The number of hydrogen-bond acceptors (Lipinski definition) is 3. The average molecular weight is 134 g/mol. The molecule has 0 aromatic carbocycles. The number of hydrogen-bond donors (Lipinski definition) is 1. The zero-order valence-corrected chi connectivity index (χ0v) is 5.70. The summed E-state index contributed by atoms with van der Waals surface area (Å²) in [6, 6.07) is 0. The lowest BCUT2D eigenvalue weighted by Gasteiger charge is -2.00. The van der Waals surface area contributed by atoms with Crippen molar-refractivity contribution >= 4 is 9.73 Å². The van der Waals surface area contributed by atoms with Crippen LogP contribution in [0.2, 0.25) is 0 Å². The molecule has 4 heteroatoms. The first-order valence-electron chi connectivity index (χ1n) is 2.53. The van der Waals surface area contributed by atoms with Crippen molar-refractivity contribution in [2.75, 3.05) is 25.2 Å². The van der Waals surface area contributed by atoms with Crippen molar-refractivity contribution in [1.29, 1.82) is 4.78 Å². The highest BCUT2D eigenvalue weighted by Crippen LogP contribution is 2.03. The standard InChI is InChI=1S/C4H10N2OS/c1-6-2-3-8(5,7)4-6/h5H,2-4H2,1H3. The number of rotatable bonds is 0. The fourth-order valence-electron chi connectivity index (χ4n) is 0.788. The van der Waals surface area contributed by atoms with E-state index in [4.69, 9.17) is 4.78 Å². The van der Waals surface area contributed by atoms with Crippen molar-refractivity contribution in [2.45, 2.75) is 0 Å². The molecular formula is C4H10N2OS. The van der Waals surface area contributed by atoms with Crippen LogP contribution in [0.5, 0.6) is 0 Å². The summed E-state index contributed by atoms with van der Waals surface area (Å²) in [5.41, 5.74) is 0. The second-order valence-corrected chi connectivity index (χ2v) is 4.51. The predicted molar refractivity (Wildman–Crippen MR) is 33.2 cm³/mol. The molecule has 0 aromatic heterocycles. The Morgan fingerprint density at radius 1 is 1.75 bits per heavy atom. The Hall–Kier alpha value is -0.0900. The Morgan fingerprint density at radius 2 is 2.38 bits per heavy atom. The van der Waals surface area contributed by atoms with Gasteiger partial charge in [0.15, 0.2) is 0 Å². The molecule has 1 fully saturated rings. The molecule has 1 unspecified atom stereocenters. The second-order valence-electron chi connectivity index (χ2n) is 2.22. The first kappa shape index (κ1) is 6.04. The largest absolute Gasteiger partial charge is 0.293 e. The van der Waals surface area contributed by atoms with Crippen molar-refractivity contribution in [3.8, 4) is 0 Å². The fourth-order valence-corrected chi connectivity index (χ4v) is 2.37. The Labute approximate surface area is 49.7 Å². The van der Waals surface area contributed by atoms with E-state index in [0.29, 0.717) is 11.6 Å². The molecule has 1 rings (SSSR count). The van der Waals surface area contributed by atoms with Crippen LogP contribution in [-0.4, -0.2) is 34.3 Å². The van der Waals surface area contributed by atoms with E-state index < -0.39 is 9.73 Å². The number of nitrogens with one attached hydrogen (secondary N) is 1. The molecule has 1 N–H and O–H groups in total. The molecule has 8 heavy (non-hydrogen) atoms. The van der Waals surface area contributed by atoms with E-state index in [1.165, 1.54) is 0 Å². The van der Waals surface area contributed by atoms with E-state index >= 15 is 0 Å². The maximum Gasteiger partial charge on any atom is 0.0827 e. The Balaban J connectivity index is 2.71. The third kappa shape index (κ3) is 1.20. The van der Waals surface area contributed by atoms with Gasteiger partial charge in [-0.25, -0.2) is 4.21 Å². The van der Waals surface area contributed by atoms with Crippen LogP contribution in [-0.2, 0) is 9.73 Å². The van der Waals surface area contributed by atoms with Crippen LogP contribution in [0.3, 0.4) is 0 Å². The van der Waals surface area contributed by atoms with Gasteiger partial charge in [-0.1, -0.05) is 0 Å². The van der Waals surface area contributed by atoms with Crippen molar-refractivity contribution < 1.29 is 4.21 Å². The van der Waals surface area contributed by atoms with Crippen LogP contribution in [0.4, 0.5) is 0 Å². The lowest BCUT2D eigenvalue weighted by molar-refractivity contribution is 0.437. The molecule has 0 amide bonds. The van der Waals surface area contributed by atoms with Crippen LogP contribution >= 0.6 is 0 Å². The maximum atomic E-state index is 10.8. The van der Waals surface area contributed by atoms with Gasteiger partial charge in [0.25, 0.3) is 0 Å². The van der Waals surface area contributed by atoms with Gasteiger partial charge in [-0.05, 0) is 7.05 Å². The van der Waals surface area contributed by atoms with E-state index in [-0.39, 0.29) is 0 Å². The summed E-state index contributed by atoms with van der Waals surface area (Å²) in [4.78, 5) is 1.93. The Bertz CT molecular complexity index is 172. The van der Waals surface area contributed by atoms with Gasteiger partial charge in [0.2, 0.25) is 0 Å². The van der Waals surface area contributed by atoms with E-state index in [9.17, 15) is 4.21 Å². The van der Waals surface area contributed by atoms with Crippen LogP contribution in [0.1, 0.15) is 0 Å². The molecule has 1 saturated heterocycles. The molecule has 1 aliphatic heterocycles. The molecule has 1 atom stereocenters. The van der Waals surface area contributed by atoms with Crippen LogP contribution in [0.15, 0.2) is 0 Å². The van der Waals surface area contributed by atoms with Crippen LogP contribution < -0.4 is 0 Å². The van der Waals surface area contributed by atoms with Crippen molar-refractivity contribution in [3.05, 3.63) is 0 Å². The van der Waals surface area contributed by atoms with Gasteiger partial charge in [-0.15, -0.1) is 0 Å². The van der Waals surface area contributed by atoms with E-state index in [1.54, 1.807) is 0 Å². The first-order chi connectivity index (χ1) is 3.60. The average Bonchev–Trinajstić information content (AvgIpc) is 1.82. The third-order valence-corrected chi connectivity index (χ3v) is 2.93. The zero-order chi connectivity index (χ0) is 6.20. The van der Waals surface area contributed by atoms with E-state index in [0.717, 1.165) is 6.54 Å². The summed E-state index contributed by atoms with van der Waals surface area (Å²) in [6.07, 6.45) is 0. The van der Waals surface area contributed by atoms with Gasteiger partial charge in [-0.2, -0.15) is 0 Å². The molecule has 0 radical (unpaired) electrons. The van der Waals surface area contributed by atoms with Gasteiger partial charge < -0.3 is 0 Å². The molecule has 0 spiro atoms. The lowest BCUT2D eigenvalue weighted by atomic mass is 10.7. The van der Waals surface area contributed by atoms with Crippen molar-refractivity contribution in [1.82, 2.24) is 4.90 Å². The molecule has 48 valence electrons. The van der Waals surface area contributed by atoms with E-state index in [2.05, 4.69) is 0 Å². The van der Waals surface area contributed by atoms with Crippen molar-refractivity contribution in [2.24, 2.45) is 0 Å². The van der Waals surface area contributed by atoms with Crippen molar-refractivity contribution in [3.63, 3.8) is 0 Å². The number of nitrogens with zero attached hydrogens (tertiary/aromatic N) is 1. The molecule has 0 aromatic rings. The van der Waals surface area contributed by atoms with Gasteiger partial charge in [0.1, 0.15) is 0 Å². The topological polar surface area (TPSA) is 44.2 Å². The minimum atomic E-state index is -2.17. The van der Waals surface area contributed by atoms with Gasteiger partial charge in [0.05, 0.1) is 15.6 Å². The summed E-state index contributed by atoms with van der Waals surface area (Å²) < 4.78 is 17.9. The normalized spacial score (nSPS) is 40.6. The SMILES string of the molecule is CN1CCS(=N)(=O)C1. The molecule has 1 aliphatic rings. The molecule has 0 aliphatic carbocycles. The lowest BCUT2D eigenvalue weighted by Crippen LogP contribution is -2.13. The first-order valence-corrected chi connectivity index (χ1v) is 4.42. The summed E-state index contributed by atoms with van der Waals surface area (Å²) in [5.74, 6) is 1.02. The highest BCUT2D eigenvalue weighted by Gasteiger charge is 2.17. The quantitative estimate of drug-likeness (QED) is 0.504.